The molecule has 2 rings (SSSR count). The van der Waals surface area contributed by atoms with Crippen LogP contribution in [0.4, 0.5) is 19.6 Å². The average Bonchev–Trinajstić information content (AvgIpc) is 3.11. The minimum atomic E-state index is -4.30. The van der Waals surface area contributed by atoms with Crippen molar-refractivity contribution in [3.63, 3.8) is 0 Å². The first-order valence-electron chi connectivity index (χ1n) is 10.8. The molecule has 0 spiro atoms. The van der Waals surface area contributed by atoms with Gasteiger partial charge in [0, 0.05) is 12.6 Å². The third kappa shape index (κ3) is 8.97. The SMILES string of the molecule is CC(C)CC(CNCCCCNc1cc(F)c(S(=O)(=O)Nc2ncc(F)s2)cc1Cl)C(C)N. The van der Waals surface area contributed by atoms with Crippen LogP contribution in [0.15, 0.2) is 23.2 Å². The number of hydrogen-bond acceptors (Lipinski definition) is 7. The molecule has 2 aromatic rings. The van der Waals surface area contributed by atoms with Crippen molar-refractivity contribution in [2.75, 3.05) is 29.7 Å². The van der Waals surface area contributed by atoms with Crippen LogP contribution >= 0.6 is 22.9 Å². The van der Waals surface area contributed by atoms with Crippen LogP contribution in [0.3, 0.4) is 0 Å². The summed E-state index contributed by atoms with van der Waals surface area (Å²) in [6.45, 7) is 8.67. The van der Waals surface area contributed by atoms with E-state index in [0.717, 1.165) is 50.7 Å². The lowest BCUT2D eigenvalue weighted by Gasteiger charge is -2.23. The fourth-order valence-electron chi connectivity index (χ4n) is 3.32. The minimum Gasteiger partial charge on any atom is -0.384 e. The Morgan fingerprint density at radius 3 is 2.48 bits per heavy atom. The zero-order chi connectivity index (χ0) is 24.6. The first-order valence-corrected chi connectivity index (χ1v) is 13.5. The molecule has 0 radical (unpaired) electrons. The van der Waals surface area contributed by atoms with Crippen LogP contribution in [-0.4, -0.2) is 39.1 Å². The first-order chi connectivity index (χ1) is 15.5. The lowest BCUT2D eigenvalue weighted by molar-refractivity contribution is 0.342. The summed E-state index contributed by atoms with van der Waals surface area (Å²) in [5.74, 6) is 0.0636. The molecule has 1 heterocycles. The summed E-state index contributed by atoms with van der Waals surface area (Å²) in [4.78, 5) is 2.94. The molecule has 0 amide bonds. The molecule has 2 unspecified atom stereocenters. The fraction of sp³-hybridized carbons (Fsp3) is 0.571. The molecule has 1 aromatic carbocycles. The van der Waals surface area contributed by atoms with Crippen LogP contribution in [-0.2, 0) is 10.0 Å². The van der Waals surface area contributed by atoms with Gasteiger partial charge in [-0.05, 0) is 63.2 Å². The zero-order valence-corrected chi connectivity index (χ0v) is 21.4. The number of sulfonamides is 1. The molecule has 1 aromatic heterocycles. The molecule has 0 aliphatic heterocycles. The van der Waals surface area contributed by atoms with Gasteiger partial charge in [-0.15, -0.1) is 0 Å². The highest BCUT2D eigenvalue weighted by Crippen LogP contribution is 2.30. The highest BCUT2D eigenvalue weighted by atomic mass is 35.5. The molecule has 5 N–H and O–H groups in total. The number of thiazole rings is 1. The normalized spacial score (nSPS) is 13.8. The van der Waals surface area contributed by atoms with Gasteiger partial charge in [0.2, 0.25) is 0 Å². The Labute approximate surface area is 203 Å². The van der Waals surface area contributed by atoms with Gasteiger partial charge in [0.1, 0.15) is 10.7 Å². The van der Waals surface area contributed by atoms with Crippen molar-refractivity contribution >= 4 is 43.8 Å². The van der Waals surface area contributed by atoms with E-state index in [1.165, 1.54) is 0 Å². The van der Waals surface area contributed by atoms with E-state index in [1.807, 2.05) is 11.6 Å². The maximum Gasteiger partial charge on any atom is 0.266 e. The van der Waals surface area contributed by atoms with Crippen LogP contribution in [0.1, 0.15) is 40.0 Å². The molecule has 0 fully saturated rings. The van der Waals surface area contributed by atoms with Crippen molar-refractivity contribution in [3.05, 3.63) is 34.3 Å². The summed E-state index contributed by atoms with van der Waals surface area (Å²) in [5.41, 5.74) is 6.36. The van der Waals surface area contributed by atoms with Gasteiger partial charge in [-0.3, -0.25) is 4.72 Å². The fourth-order valence-corrected chi connectivity index (χ4v) is 5.48. The number of nitrogens with one attached hydrogen (secondary N) is 3. The lowest BCUT2D eigenvalue weighted by atomic mass is 9.91. The molecule has 33 heavy (non-hydrogen) atoms. The molecule has 12 heteroatoms. The number of nitrogens with zero attached hydrogens (tertiary/aromatic N) is 1. The largest absolute Gasteiger partial charge is 0.384 e. The number of anilines is 2. The van der Waals surface area contributed by atoms with Crippen molar-refractivity contribution < 1.29 is 17.2 Å². The number of nitrogens with two attached hydrogens (primary N) is 1. The van der Waals surface area contributed by atoms with Gasteiger partial charge in [0.25, 0.3) is 10.0 Å². The maximum absolute atomic E-state index is 14.5. The zero-order valence-electron chi connectivity index (χ0n) is 19.0. The highest BCUT2D eigenvalue weighted by molar-refractivity contribution is 7.93. The van der Waals surface area contributed by atoms with Crippen molar-refractivity contribution in [1.29, 1.82) is 0 Å². The summed E-state index contributed by atoms with van der Waals surface area (Å²) in [5, 5.41) is 5.68. The molecule has 7 nitrogen and oxygen atoms in total. The van der Waals surface area contributed by atoms with Crippen LogP contribution in [0.2, 0.25) is 5.02 Å². The number of benzene rings is 1. The van der Waals surface area contributed by atoms with Gasteiger partial charge < -0.3 is 16.4 Å². The average molecular weight is 524 g/mol. The number of halogens is 3. The summed E-state index contributed by atoms with van der Waals surface area (Å²) >= 11 is 6.66. The Morgan fingerprint density at radius 1 is 1.18 bits per heavy atom. The predicted octanol–water partition coefficient (Wildman–Crippen LogP) is 4.67. The summed E-state index contributed by atoms with van der Waals surface area (Å²) in [6.07, 6.45) is 3.67. The van der Waals surface area contributed by atoms with Gasteiger partial charge in [-0.2, -0.15) is 4.39 Å². The summed E-state index contributed by atoms with van der Waals surface area (Å²) in [7, 11) is -4.30. The molecule has 0 saturated heterocycles. The Hall–Kier alpha value is -1.53. The van der Waals surface area contributed by atoms with E-state index in [1.54, 1.807) is 0 Å². The van der Waals surface area contributed by atoms with E-state index in [9.17, 15) is 17.2 Å². The molecule has 0 aliphatic rings. The smallest absolute Gasteiger partial charge is 0.266 e. The number of aromatic nitrogens is 1. The second-order valence-corrected chi connectivity index (χ2v) is 11.5. The molecule has 0 bridgehead atoms. The second kappa shape index (κ2) is 12.8. The van der Waals surface area contributed by atoms with Crippen molar-refractivity contribution in [2.45, 2.75) is 51.0 Å². The first kappa shape index (κ1) is 27.7. The molecule has 2 atom stereocenters. The number of unbranched alkanes of at least 4 members (excludes halogenated alkanes) is 1. The van der Waals surface area contributed by atoms with Crippen molar-refractivity contribution in [3.8, 4) is 0 Å². The number of rotatable bonds is 14. The van der Waals surface area contributed by atoms with E-state index >= 15 is 0 Å². The maximum atomic E-state index is 14.5. The quantitative estimate of drug-likeness (QED) is 0.268. The Kier molecular flexibility index (Phi) is 10.7. The van der Waals surface area contributed by atoms with Gasteiger partial charge >= 0.3 is 0 Å². The highest BCUT2D eigenvalue weighted by Gasteiger charge is 2.23. The third-order valence-electron chi connectivity index (χ3n) is 5.03. The van der Waals surface area contributed by atoms with E-state index < -0.39 is 25.9 Å². The lowest BCUT2D eigenvalue weighted by Crippen LogP contribution is -2.36. The second-order valence-electron chi connectivity index (χ2n) is 8.42. The van der Waals surface area contributed by atoms with Gasteiger partial charge in [-0.25, -0.2) is 17.8 Å². The van der Waals surface area contributed by atoms with E-state index in [0.29, 0.717) is 35.4 Å². The molecule has 0 aliphatic carbocycles. The summed E-state index contributed by atoms with van der Waals surface area (Å²) in [6, 6.07) is 2.20. The standard InChI is InChI=1S/C21H32ClF2N5O2S2/c1-13(2)8-15(14(3)25)11-26-6-4-5-7-27-18-10-17(23)19(9-16(18)22)33(30,31)29-21-28-12-20(24)32-21/h9-10,12-15,26-27H,4-8,11,25H2,1-3H3,(H,28,29). The predicted molar refractivity (Wildman–Crippen MR) is 131 cm³/mol. The topological polar surface area (TPSA) is 109 Å². The van der Waals surface area contributed by atoms with E-state index in [4.69, 9.17) is 17.3 Å². The van der Waals surface area contributed by atoms with Crippen molar-refractivity contribution in [1.82, 2.24) is 10.3 Å². The molecule has 186 valence electrons. The van der Waals surface area contributed by atoms with Crippen LogP contribution < -0.4 is 21.1 Å². The monoisotopic (exact) mass is 523 g/mol. The van der Waals surface area contributed by atoms with E-state index in [-0.39, 0.29) is 16.2 Å². The van der Waals surface area contributed by atoms with Crippen LogP contribution in [0, 0.1) is 22.8 Å². The molecule has 0 saturated carbocycles. The Bertz CT molecular complexity index is 1000. The van der Waals surface area contributed by atoms with Crippen molar-refractivity contribution in [2.24, 2.45) is 17.6 Å². The van der Waals surface area contributed by atoms with Gasteiger partial charge in [0.15, 0.2) is 10.3 Å². The Morgan fingerprint density at radius 2 is 1.88 bits per heavy atom. The number of hydrogen-bond donors (Lipinski definition) is 4. The molecular weight excluding hydrogens is 492 g/mol. The molecular formula is C21H32ClF2N5O2S2. The van der Waals surface area contributed by atoms with Crippen LogP contribution in [0.25, 0.3) is 0 Å². The third-order valence-corrected chi connectivity index (χ3v) is 7.53. The van der Waals surface area contributed by atoms with Gasteiger partial charge in [-0.1, -0.05) is 36.8 Å². The summed E-state index contributed by atoms with van der Waals surface area (Å²) < 4.78 is 54.4. The van der Waals surface area contributed by atoms with Crippen LogP contribution in [0.5, 0.6) is 0 Å². The minimum absolute atomic E-state index is 0.0636. The van der Waals surface area contributed by atoms with Gasteiger partial charge in [0.05, 0.1) is 16.9 Å². The van der Waals surface area contributed by atoms with E-state index in [2.05, 4.69) is 29.5 Å². The Balaban J connectivity index is 1.82.